The van der Waals surface area contributed by atoms with E-state index in [0.29, 0.717) is 19.5 Å². The molecule has 22 heavy (non-hydrogen) atoms. The monoisotopic (exact) mass is 339 g/mol. The number of sulfonamides is 1. The van der Waals surface area contributed by atoms with E-state index in [9.17, 15) is 8.42 Å². The minimum absolute atomic E-state index is 0.163. The SMILES string of the molecule is CC(C)n1cnc2c1CN(S(=O)(=O)c1ccccc1Cl)CC2. The van der Waals surface area contributed by atoms with Crippen LogP contribution in [-0.2, 0) is 23.0 Å². The summed E-state index contributed by atoms with van der Waals surface area (Å²) in [6.07, 6.45) is 2.42. The maximum atomic E-state index is 12.8. The largest absolute Gasteiger partial charge is 0.331 e. The highest BCUT2D eigenvalue weighted by Crippen LogP contribution is 2.29. The molecule has 0 N–H and O–H groups in total. The van der Waals surface area contributed by atoms with Gasteiger partial charge in [-0.05, 0) is 26.0 Å². The van der Waals surface area contributed by atoms with Crippen molar-refractivity contribution in [2.75, 3.05) is 6.54 Å². The van der Waals surface area contributed by atoms with Crippen molar-refractivity contribution in [3.63, 3.8) is 0 Å². The first kappa shape index (κ1) is 15.5. The molecule has 118 valence electrons. The number of fused-ring (bicyclic) bond motifs is 1. The van der Waals surface area contributed by atoms with Crippen LogP contribution in [-0.4, -0.2) is 28.8 Å². The Kier molecular flexibility index (Phi) is 4.01. The van der Waals surface area contributed by atoms with E-state index in [1.54, 1.807) is 30.6 Å². The third-order valence-corrected chi connectivity index (χ3v) is 6.26. The van der Waals surface area contributed by atoms with Crippen LogP contribution in [0.1, 0.15) is 31.3 Å². The van der Waals surface area contributed by atoms with Gasteiger partial charge in [-0.25, -0.2) is 13.4 Å². The number of rotatable bonds is 3. The molecule has 0 atom stereocenters. The molecule has 1 aliphatic heterocycles. The number of hydrogen-bond donors (Lipinski definition) is 0. The van der Waals surface area contributed by atoms with E-state index in [2.05, 4.69) is 18.8 Å². The molecular formula is C15H18ClN3O2S. The van der Waals surface area contributed by atoms with Crippen LogP contribution in [0.3, 0.4) is 0 Å². The van der Waals surface area contributed by atoms with E-state index < -0.39 is 10.0 Å². The average molecular weight is 340 g/mol. The van der Waals surface area contributed by atoms with E-state index in [1.165, 1.54) is 4.31 Å². The van der Waals surface area contributed by atoms with Crippen molar-refractivity contribution in [3.05, 3.63) is 47.0 Å². The summed E-state index contributed by atoms with van der Waals surface area (Å²) in [7, 11) is -3.60. The topological polar surface area (TPSA) is 55.2 Å². The zero-order chi connectivity index (χ0) is 15.9. The van der Waals surface area contributed by atoms with Crippen molar-refractivity contribution in [1.29, 1.82) is 0 Å². The normalized spacial score (nSPS) is 16.0. The fourth-order valence-electron chi connectivity index (χ4n) is 2.73. The Labute approximate surface area is 135 Å². The van der Waals surface area contributed by atoms with Gasteiger partial charge >= 0.3 is 0 Å². The Hall–Kier alpha value is -1.37. The molecule has 1 aliphatic rings. The molecule has 0 fully saturated rings. The quantitative estimate of drug-likeness (QED) is 0.864. The van der Waals surface area contributed by atoms with Crippen molar-refractivity contribution < 1.29 is 8.42 Å². The molecule has 2 heterocycles. The van der Waals surface area contributed by atoms with E-state index in [4.69, 9.17) is 11.6 Å². The second-order valence-corrected chi connectivity index (χ2v) is 7.97. The minimum Gasteiger partial charge on any atom is -0.331 e. The van der Waals surface area contributed by atoms with Crippen LogP contribution in [0.5, 0.6) is 0 Å². The highest BCUT2D eigenvalue weighted by atomic mass is 35.5. The van der Waals surface area contributed by atoms with Crippen molar-refractivity contribution in [2.24, 2.45) is 0 Å². The van der Waals surface area contributed by atoms with Gasteiger partial charge in [0.2, 0.25) is 10.0 Å². The predicted molar refractivity (Wildman–Crippen MR) is 85.4 cm³/mol. The number of hydrogen-bond acceptors (Lipinski definition) is 3. The van der Waals surface area contributed by atoms with E-state index in [1.807, 2.05) is 4.57 Å². The molecule has 0 saturated carbocycles. The lowest BCUT2D eigenvalue weighted by Gasteiger charge is -2.28. The van der Waals surface area contributed by atoms with Gasteiger partial charge in [0, 0.05) is 19.0 Å². The number of halogens is 1. The summed E-state index contributed by atoms with van der Waals surface area (Å²) >= 11 is 6.07. The summed E-state index contributed by atoms with van der Waals surface area (Å²) < 4.78 is 29.2. The second kappa shape index (κ2) is 5.68. The summed E-state index contributed by atoms with van der Waals surface area (Å²) in [5.41, 5.74) is 1.95. The molecule has 0 unspecified atom stereocenters. The molecule has 0 amide bonds. The van der Waals surface area contributed by atoms with Gasteiger partial charge in [0.25, 0.3) is 0 Å². The maximum absolute atomic E-state index is 12.8. The standard InChI is InChI=1S/C15H18ClN3O2S/c1-11(2)19-10-17-13-7-8-18(9-14(13)19)22(20,21)15-6-4-3-5-12(15)16/h3-6,10-11H,7-9H2,1-2H3. The summed E-state index contributed by atoms with van der Waals surface area (Å²) in [6.45, 7) is 4.88. The Morgan fingerprint density at radius 1 is 1.27 bits per heavy atom. The molecule has 5 nitrogen and oxygen atoms in total. The third-order valence-electron chi connectivity index (χ3n) is 3.92. The van der Waals surface area contributed by atoms with Gasteiger partial charge in [-0.2, -0.15) is 4.31 Å². The fraction of sp³-hybridized carbons (Fsp3) is 0.400. The summed E-state index contributed by atoms with van der Waals surface area (Å²) in [4.78, 5) is 4.56. The van der Waals surface area contributed by atoms with Crippen LogP contribution in [0.25, 0.3) is 0 Å². The first-order chi connectivity index (χ1) is 10.4. The van der Waals surface area contributed by atoms with Gasteiger partial charge in [-0.3, -0.25) is 0 Å². The third kappa shape index (κ3) is 2.55. The molecule has 3 rings (SSSR count). The van der Waals surface area contributed by atoms with Crippen molar-refractivity contribution >= 4 is 21.6 Å². The van der Waals surface area contributed by atoms with Gasteiger partial charge in [-0.1, -0.05) is 23.7 Å². The molecule has 0 bridgehead atoms. The summed E-state index contributed by atoms with van der Waals surface area (Å²) in [5, 5.41) is 0.255. The van der Waals surface area contributed by atoms with Crippen LogP contribution >= 0.6 is 11.6 Å². The van der Waals surface area contributed by atoms with E-state index in [0.717, 1.165) is 11.4 Å². The lowest BCUT2D eigenvalue weighted by atomic mass is 10.2. The van der Waals surface area contributed by atoms with Crippen molar-refractivity contribution in [3.8, 4) is 0 Å². The zero-order valence-corrected chi connectivity index (χ0v) is 14.1. The lowest BCUT2D eigenvalue weighted by Crippen LogP contribution is -2.37. The Bertz CT molecular complexity index is 799. The van der Waals surface area contributed by atoms with Crippen LogP contribution in [0.4, 0.5) is 0 Å². The first-order valence-electron chi connectivity index (χ1n) is 7.20. The molecule has 1 aromatic carbocycles. The second-order valence-electron chi connectivity index (χ2n) is 5.66. The van der Waals surface area contributed by atoms with E-state index in [-0.39, 0.29) is 16.0 Å². The molecular weight excluding hydrogens is 322 g/mol. The van der Waals surface area contributed by atoms with Crippen LogP contribution in [0, 0.1) is 0 Å². The number of aromatic nitrogens is 2. The highest BCUT2D eigenvalue weighted by Gasteiger charge is 2.32. The molecule has 2 aromatic rings. The predicted octanol–water partition coefficient (Wildman–Crippen LogP) is 2.86. The van der Waals surface area contributed by atoms with Crippen molar-refractivity contribution in [2.45, 2.75) is 37.8 Å². The number of nitrogens with zero attached hydrogens (tertiary/aromatic N) is 3. The van der Waals surface area contributed by atoms with Crippen molar-refractivity contribution in [1.82, 2.24) is 13.9 Å². The lowest BCUT2D eigenvalue weighted by molar-refractivity contribution is 0.372. The Morgan fingerprint density at radius 3 is 2.68 bits per heavy atom. The summed E-state index contributed by atoms with van der Waals surface area (Å²) in [5.74, 6) is 0. The molecule has 1 aromatic heterocycles. The minimum atomic E-state index is -3.60. The van der Waals surface area contributed by atoms with Gasteiger partial charge in [0.05, 0.1) is 29.3 Å². The Balaban J connectivity index is 1.97. The molecule has 7 heteroatoms. The van der Waals surface area contributed by atoms with Gasteiger partial charge < -0.3 is 4.57 Å². The Morgan fingerprint density at radius 2 is 2.00 bits per heavy atom. The van der Waals surface area contributed by atoms with Gasteiger partial charge in [0.1, 0.15) is 4.90 Å². The molecule has 0 radical (unpaired) electrons. The van der Waals surface area contributed by atoms with Crippen LogP contribution in [0.15, 0.2) is 35.5 Å². The first-order valence-corrected chi connectivity index (χ1v) is 9.02. The molecule has 0 saturated heterocycles. The number of benzene rings is 1. The number of imidazole rings is 1. The zero-order valence-electron chi connectivity index (χ0n) is 12.5. The highest BCUT2D eigenvalue weighted by molar-refractivity contribution is 7.89. The van der Waals surface area contributed by atoms with Gasteiger partial charge in [0.15, 0.2) is 0 Å². The average Bonchev–Trinajstić information content (AvgIpc) is 2.90. The summed E-state index contributed by atoms with van der Waals surface area (Å²) in [6, 6.07) is 6.81. The van der Waals surface area contributed by atoms with Crippen LogP contribution in [0.2, 0.25) is 5.02 Å². The molecule has 0 spiro atoms. The fourth-order valence-corrected chi connectivity index (χ4v) is 4.62. The van der Waals surface area contributed by atoms with E-state index >= 15 is 0 Å². The maximum Gasteiger partial charge on any atom is 0.244 e. The molecule has 0 aliphatic carbocycles. The van der Waals surface area contributed by atoms with Gasteiger partial charge in [-0.15, -0.1) is 0 Å². The van der Waals surface area contributed by atoms with Crippen LogP contribution < -0.4 is 0 Å². The smallest absolute Gasteiger partial charge is 0.244 e.